The van der Waals surface area contributed by atoms with Gasteiger partial charge in [0, 0.05) is 36.0 Å². The summed E-state index contributed by atoms with van der Waals surface area (Å²) >= 11 is 0. The molecule has 0 atom stereocenters. The summed E-state index contributed by atoms with van der Waals surface area (Å²) in [6, 6.07) is 9.80. The topological polar surface area (TPSA) is 77.6 Å². The van der Waals surface area contributed by atoms with Crippen LogP contribution < -0.4 is 10.9 Å². The van der Waals surface area contributed by atoms with Gasteiger partial charge in [-0.1, -0.05) is 6.07 Å². The first-order valence-electron chi connectivity index (χ1n) is 9.56. The number of anilines is 2. The Morgan fingerprint density at radius 1 is 1.21 bits per heavy atom. The molecular formula is C21H19FN6O. The number of aromatic nitrogens is 5. The van der Waals surface area contributed by atoms with E-state index >= 15 is 0 Å². The molecule has 8 heteroatoms. The van der Waals surface area contributed by atoms with E-state index in [4.69, 9.17) is 0 Å². The number of aryl methyl sites for hydroxylation is 1. The summed E-state index contributed by atoms with van der Waals surface area (Å²) in [5.41, 5.74) is 2.09. The van der Waals surface area contributed by atoms with Gasteiger partial charge in [0.25, 0.3) is 5.56 Å². The average molecular weight is 390 g/mol. The van der Waals surface area contributed by atoms with Crippen molar-refractivity contribution in [3.05, 3.63) is 70.5 Å². The Bertz CT molecular complexity index is 1270. The highest BCUT2D eigenvalue weighted by Gasteiger charge is 2.23. The van der Waals surface area contributed by atoms with Gasteiger partial charge in [-0.15, -0.1) is 0 Å². The van der Waals surface area contributed by atoms with Crippen LogP contribution in [-0.4, -0.2) is 24.3 Å². The molecule has 0 amide bonds. The van der Waals surface area contributed by atoms with Gasteiger partial charge in [-0.2, -0.15) is 10.1 Å². The number of halogens is 1. The van der Waals surface area contributed by atoms with Crippen molar-refractivity contribution in [3.8, 4) is 5.69 Å². The zero-order chi connectivity index (χ0) is 20.0. The van der Waals surface area contributed by atoms with Crippen molar-refractivity contribution < 1.29 is 4.39 Å². The number of fused-ring (bicyclic) bond motifs is 1. The third kappa shape index (κ3) is 3.16. The number of hydrogen-bond acceptors (Lipinski definition) is 5. The Morgan fingerprint density at radius 2 is 2.07 bits per heavy atom. The molecule has 0 aliphatic heterocycles. The van der Waals surface area contributed by atoms with Crippen molar-refractivity contribution in [2.75, 3.05) is 5.32 Å². The van der Waals surface area contributed by atoms with Gasteiger partial charge in [0.1, 0.15) is 11.5 Å². The zero-order valence-corrected chi connectivity index (χ0v) is 15.8. The first-order chi connectivity index (χ1) is 14.1. The van der Waals surface area contributed by atoms with Crippen molar-refractivity contribution in [1.29, 1.82) is 0 Å². The van der Waals surface area contributed by atoms with Crippen molar-refractivity contribution in [2.24, 2.45) is 0 Å². The highest BCUT2D eigenvalue weighted by Crippen LogP contribution is 2.32. The minimum Gasteiger partial charge on any atom is -0.307 e. The molecule has 1 N–H and O–H groups in total. The fourth-order valence-corrected chi connectivity index (χ4v) is 3.60. The Hall–Kier alpha value is -3.55. The second-order valence-corrected chi connectivity index (χ2v) is 7.30. The van der Waals surface area contributed by atoms with Crippen molar-refractivity contribution in [3.63, 3.8) is 0 Å². The molecule has 0 radical (unpaired) electrons. The largest absolute Gasteiger partial charge is 0.307 e. The normalized spacial score (nSPS) is 14.1. The van der Waals surface area contributed by atoms with E-state index in [9.17, 15) is 9.18 Å². The molecule has 3 aromatic heterocycles. The molecule has 1 saturated carbocycles. The van der Waals surface area contributed by atoms with Gasteiger partial charge in [0.2, 0.25) is 5.95 Å². The van der Waals surface area contributed by atoms with Gasteiger partial charge in [0.15, 0.2) is 5.82 Å². The number of nitrogens with zero attached hydrogens (tertiary/aromatic N) is 5. The SMILES string of the molecule is Cc1cc(=O)n(C2CCC2)c2nc(Nc3ccn(-c4cccc(F)c4)n3)ncc12. The quantitative estimate of drug-likeness (QED) is 0.572. The Balaban J connectivity index is 1.51. The predicted octanol–water partition coefficient (Wildman–Crippen LogP) is 3.89. The maximum Gasteiger partial charge on any atom is 0.252 e. The van der Waals surface area contributed by atoms with Gasteiger partial charge in [-0.05, 0) is 49.9 Å². The third-order valence-electron chi connectivity index (χ3n) is 5.34. The lowest BCUT2D eigenvalue weighted by Crippen LogP contribution is -2.29. The summed E-state index contributed by atoms with van der Waals surface area (Å²) in [4.78, 5) is 21.6. The molecule has 4 aromatic rings. The lowest BCUT2D eigenvalue weighted by atomic mass is 9.92. The number of benzene rings is 1. The minimum atomic E-state index is -0.324. The molecule has 29 heavy (non-hydrogen) atoms. The minimum absolute atomic E-state index is 0.0280. The Kier molecular flexibility index (Phi) is 4.12. The van der Waals surface area contributed by atoms with E-state index in [1.807, 2.05) is 6.92 Å². The van der Waals surface area contributed by atoms with Crippen LogP contribution in [0.1, 0.15) is 30.9 Å². The van der Waals surface area contributed by atoms with Gasteiger partial charge < -0.3 is 5.32 Å². The smallest absolute Gasteiger partial charge is 0.252 e. The van der Waals surface area contributed by atoms with Crippen molar-refractivity contribution in [1.82, 2.24) is 24.3 Å². The highest BCUT2D eigenvalue weighted by atomic mass is 19.1. The van der Waals surface area contributed by atoms with Crippen molar-refractivity contribution >= 4 is 22.8 Å². The molecular weight excluding hydrogens is 371 g/mol. The van der Waals surface area contributed by atoms with Gasteiger partial charge in [0.05, 0.1) is 5.69 Å². The van der Waals surface area contributed by atoms with Crippen LogP contribution in [0, 0.1) is 12.7 Å². The van der Waals surface area contributed by atoms with E-state index in [-0.39, 0.29) is 17.4 Å². The van der Waals surface area contributed by atoms with Crippen LogP contribution >= 0.6 is 0 Å². The molecule has 0 saturated heterocycles. The second-order valence-electron chi connectivity index (χ2n) is 7.30. The molecule has 7 nitrogen and oxygen atoms in total. The summed E-state index contributed by atoms with van der Waals surface area (Å²) in [6.07, 6.45) is 6.57. The van der Waals surface area contributed by atoms with Crippen LogP contribution in [0.15, 0.2) is 53.6 Å². The number of nitrogens with one attached hydrogen (secondary N) is 1. The summed E-state index contributed by atoms with van der Waals surface area (Å²) in [6.45, 7) is 1.89. The molecule has 0 spiro atoms. The van der Waals surface area contributed by atoms with Crippen LogP contribution in [0.2, 0.25) is 0 Å². The molecule has 1 aliphatic rings. The van der Waals surface area contributed by atoms with Gasteiger partial charge >= 0.3 is 0 Å². The number of hydrogen-bond donors (Lipinski definition) is 1. The maximum atomic E-state index is 13.5. The molecule has 146 valence electrons. The standard InChI is InChI=1S/C21H19FN6O/c1-13-10-19(29)28(15-5-3-6-15)20-17(13)12-23-21(25-20)24-18-8-9-27(26-18)16-7-2-4-14(22)11-16/h2,4,7-12,15H,3,5-6H2,1H3,(H,23,24,25,26). The molecule has 1 fully saturated rings. The number of rotatable bonds is 4. The van der Waals surface area contributed by atoms with Crippen LogP contribution in [0.25, 0.3) is 16.7 Å². The summed E-state index contributed by atoms with van der Waals surface area (Å²) in [7, 11) is 0. The molecule has 0 unspecified atom stereocenters. The van der Waals surface area contributed by atoms with E-state index in [2.05, 4.69) is 20.4 Å². The lowest BCUT2D eigenvalue weighted by molar-refractivity contribution is 0.313. The molecule has 1 aromatic carbocycles. The van der Waals surface area contributed by atoms with E-state index in [0.717, 1.165) is 30.2 Å². The van der Waals surface area contributed by atoms with Crippen LogP contribution in [0.3, 0.4) is 0 Å². The summed E-state index contributed by atoms with van der Waals surface area (Å²) in [5.74, 6) is 0.563. The van der Waals surface area contributed by atoms with E-state index < -0.39 is 0 Å². The fraction of sp³-hybridized carbons (Fsp3) is 0.238. The molecule has 0 bridgehead atoms. The van der Waals surface area contributed by atoms with Crippen molar-refractivity contribution in [2.45, 2.75) is 32.2 Å². The Labute approximate surface area is 165 Å². The lowest BCUT2D eigenvalue weighted by Gasteiger charge is -2.28. The summed E-state index contributed by atoms with van der Waals surface area (Å²) in [5, 5.41) is 8.35. The second kappa shape index (κ2) is 6.80. The Morgan fingerprint density at radius 3 is 2.83 bits per heavy atom. The van der Waals surface area contributed by atoms with Crippen LogP contribution in [-0.2, 0) is 0 Å². The predicted molar refractivity (Wildman–Crippen MR) is 108 cm³/mol. The average Bonchev–Trinajstić information content (AvgIpc) is 3.12. The number of pyridine rings is 1. The van der Waals surface area contributed by atoms with Gasteiger partial charge in [-0.25, -0.2) is 14.1 Å². The van der Waals surface area contributed by atoms with Crippen LogP contribution in [0.5, 0.6) is 0 Å². The fourth-order valence-electron chi connectivity index (χ4n) is 3.60. The summed E-state index contributed by atoms with van der Waals surface area (Å²) < 4.78 is 16.8. The third-order valence-corrected chi connectivity index (χ3v) is 5.34. The van der Waals surface area contributed by atoms with E-state index in [1.54, 1.807) is 45.9 Å². The van der Waals surface area contributed by atoms with E-state index in [1.165, 1.54) is 12.1 Å². The molecule has 1 aliphatic carbocycles. The first kappa shape index (κ1) is 17.5. The molecule has 5 rings (SSSR count). The first-order valence-corrected chi connectivity index (χ1v) is 9.56. The molecule has 3 heterocycles. The van der Waals surface area contributed by atoms with E-state index in [0.29, 0.717) is 23.1 Å². The zero-order valence-electron chi connectivity index (χ0n) is 15.8. The van der Waals surface area contributed by atoms with Crippen LogP contribution in [0.4, 0.5) is 16.2 Å². The highest BCUT2D eigenvalue weighted by molar-refractivity contribution is 5.79. The van der Waals surface area contributed by atoms with Gasteiger partial charge in [-0.3, -0.25) is 9.36 Å². The monoisotopic (exact) mass is 390 g/mol. The maximum absolute atomic E-state index is 13.5.